The van der Waals surface area contributed by atoms with E-state index in [0.29, 0.717) is 5.56 Å². The summed E-state index contributed by atoms with van der Waals surface area (Å²) in [5, 5.41) is 16.0. The normalized spacial score (nSPS) is 10.6. The molecule has 1 aromatic heterocycles. The number of anilines is 2. The van der Waals surface area contributed by atoms with Gasteiger partial charge in [-0.25, -0.2) is 4.39 Å². The van der Waals surface area contributed by atoms with E-state index in [1.807, 2.05) is 0 Å². The highest BCUT2D eigenvalue weighted by Crippen LogP contribution is 2.26. The molecule has 0 radical (unpaired) electrons. The molecule has 3 rings (SSSR count). The van der Waals surface area contributed by atoms with Gasteiger partial charge in [0.25, 0.3) is 11.6 Å². The first-order chi connectivity index (χ1) is 14.8. The van der Waals surface area contributed by atoms with E-state index in [9.17, 15) is 24.1 Å². The lowest BCUT2D eigenvalue weighted by molar-refractivity contribution is -0.384. The van der Waals surface area contributed by atoms with Crippen molar-refractivity contribution in [1.29, 1.82) is 0 Å². The number of nitrogens with one attached hydrogen (secondary N) is 2. The zero-order chi connectivity index (χ0) is 22.4. The molecule has 0 aliphatic heterocycles. The Labute approximate surface area is 180 Å². The molecule has 3 aromatic rings. The van der Waals surface area contributed by atoms with Crippen LogP contribution < -0.4 is 10.6 Å². The van der Waals surface area contributed by atoms with Crippen LogP contribution in [0.1, 0.15) is 16.1 Å². The summed E-state index contributed by atoms with van der Waals surface area (Å²) in [6.07, 6.45) is 3.90. The van der Waals surface area contributed by atoms with Crippen LogP contribution in [-0.4, -0.2) is 21.7 Å². The number of nitro groups is 1. The predicted octanol–water partition coefficient (Wildman–Crippen LogP) is 4.69. The van der Waals surface area contributed by atoms with Crippen LogP contribution in [-0.2, 0) is 4.79 Å². The summed E-state index contributed by atoms with van der Waals surface area (Å²) in [4.78, 5) is 38.8. The van der Waals surface area contributed by atoms with Crippen molar-refractivity contribution in [3.8, 4) is 0 Å². The average molecular weight is 441 g/mol. The van der Waals surface area contributed by atoms with Crippen molar-refractivity contribution < 1.29 is 18.9 Å². The molecular weight excluding hydrogens is 427 g/mol. The largest absolute Gasteiger partial charge is 0.321 e. The Morgan fingerprint density at radius 2 is 1.87 bits per heavy atom. The molecular formula is C21H14ClFN4O4. The molecule has 0 bridgehead atoms. The number of carbonyl (C=O) groups is 2. The quantitative estimate of drug-likeness (QED) is 0.328. The van der Waals surface area contributed by atoms with Crippen molar-refractivity contribution in [3.05, 3.63) is 99.1 Å². The van der Waals surface area contributed by atoms with Gasteiger partial charge in [0.15, 0.2) is 0 Å². The van der Waals surface area contributed by atoms with Crippen LogP contribution in [0.5, 0.6) is 0 Å². The summed E-state index contributed by atoms with van der Waals surface area (Å²) in [5.74, 6) is -1.80. The monoisotopic (exact) mass is 440 g/mol. The van der Waals surface area contributed by atoms with Gasteiger partial charge in [0.2, 0.25) is 5.91 Å². The van der Waals surface area contributed by atoms with Crippen LogP contribution in [0.4, 0.5) is 21.5 Å². The number of nitrogens with zero attached hydrogens (tertiary/aromatic N) is 2. The number of amides is 2. The van der Waals surface area contributed by atoms with E-state index in [1.165, 1.54) is 42.6 Å². The van der Waals surface area contributed by atoms with E-state index >= 15 is 0 Å². The molecule has 8 nitrogen and oxygen atoms in total. The fourth-order valence-corrected chi connectivity index (χ4v) is 2.72. The third-order valence-electron chi connectivity index (χ3n) is 3.98. The molecule has 2 N–H and O–H groups in total. The van der Waals surface area contributed by atoms with E-state index in [2.05, 4.69) is 15.6 Å². The van der Waals surface area contributed by atoms with Crippen LogP contribution in [0.2, 0.25) is 5.02 Å². The van der Waals surface area contributed by atoms with Crippen LogP contribution in [0.25, 0.3) is 6.08 Å². The van der Waals surface area contributed by atoms with E-state index in [1.54, 1.807) is 12.1 Å². The van der Waals surface area contributed by atoms with Gasteiger partial charge in [0, 0.05) is 18.3 Å². The molecule has 2 amide bonds. The van der Waals surface area contributed by atoms with E-state index in [4.69, 9.17) is 11.6 Å². The van der Waals surface area contributed by atoms with Gasteiger partial charge in [-0.15, -0.1) is 0 Å². The Bertz CT molecular complexity index is 1190. The summed E-state index contributed by atoms with van der Waals surface area (Å²) < 4.78 is 13.7. The first-order valence-corrected chi connectivity index (χ1v) is 9.16. The third kappa shape index (κ3) is 5.71. The van der Waals surface area contributed by atoms with E-state index in [-0.39, 0.29) is 27.8 Å². The van der Waals surface area contributed by atoms with Gasteiger partial charge >= 0.3 is 0 Å². The molecule has 0 aliphatic carbocycles. The van der Waals surface area contributed by atoms with Gasteiger partial charge in [-0.2, -0.15) is 0 Å². The molecule has 0 atom stereocenters. The van der Waals surface area contributed by atoms with Crippen LogP contribution >= 0.6 is 11.6 Å². The second-order valence-electron chi connectivity index (χ2n) is 6.15. The number of halogens is 2. The Balaban J connectivity index is 1.76. The second kappa shape index (κ2) is 9.59. The maximum atomic E-state index is 13.7. The molecule has 31 heavy (non-hydrogen) atoms. The topological polar surface area (TPSA) is 114 Å². The second-order valence-corrected chi connectivity index (χ2v) is 6.56. The lowest BCUT2D eigenvalue weighted by atomic mass is 10.2. The summed E-state index contributed by atoms with van der Waals surface area (Å²) >= 11 is 5.76. The average Bonchev–Trinajstić information content (AvgIpc) is 2.75. The first-order valence-electron chi connectivity index (χ1n) is 8.78. The highest BCUT2D eigenvalue weighted by Gasteiger charge is 2.13. The SMILES string of the molecule is O=C(/C=C/c1ccc(Cl)c([N+](=O)[O-])c1)Nc1cc(F)ccc1NC(=O)c1ccccn1. The molecule has 1 heterocycles. The number of nitro benzene ring substituents is 1. The maximum Gasteiger partial charge on any atom is 0.288 e. The highest BCUT2D eigenvalue weighted by atomic mass is 35.5. The minimum Gasteiger partial charge on any atom is -0.321 e. The van der Waals surface area contributed by atoms with Crippen molar-refractivity contribution >= 4 is 46.6 Å². The molecule has 0 unspecified atom stereocenters. The zero-order valence-corrected chi connectivity index (χ0v) is 16.5. The predicted molar refractivity (Wildman–Crippen MR) is 114 cm³/mol. The number of rotatable bonds is 6. The van der Waals surface area contributed by atoms with E-state index in [0.717, 1.165) is 18.2 Å². The summed E-state index contributed by atoms with van der Waals surface area (Å²) in [6.45, 7) is 0. The Morgan fingerprint density at radius 3 is 2.58 bits per heavy atom. The van der Waals surface area contributed by atoms with Crippen LogP contribution in [0, 0.1) is 15.9 Å². The fourth-order valence-electron chi connectivity index (χ4n) is 2.53. The third-order valence-corrected chi connectivity index (χ3v) is 4.30. The fraction of sp³-hybridized carbons (Fsp3) is 0. The van der Waals surface area contributed by atoms with Crippen molar-refractivity contribution in [2.45, 2.75) is 0 Å². The Hall–Kier alpha value is -4.11. The molecule has 0 aliphatic rings. The van der Waals surface area contributed by atoms with Crippen molar-refractivity contribution in [2.75, 3.05) is 10.6 Å². The number of carbonyl (C=O) groups excluding carboxylic acids is 2. The van der Waals surface area contributed by atoms with Crippen LogP contribution in [0.15, 0.2) is 66.9 Å². The summed E-state index contributed by atoms with van der Waals surface area (Å²) in [6, 6.07) is 12.3. The summed E-state index contributed by atoms with van der Waals surface area (Å²) in [5.41, 5.74) is 0.415. The number of hydrogen-bond acceptors (Lipinski definition) is 5. The number of hydrogen-bond donors (Lipinski definition) is 2. The lowest BCUT2D eigenvalue weighted by Crippen LogP contribution is -2.16. The molecule has 0 saturated heterocycles. The van der Waals surface area contributed by atoms with Crippen molar-refractivity contribution in [1.82, 2.24) is 4.98 Å². The molecule has 0 spiro atoms. The molecule has 156 valence electrons. The van der Waals surface area contributed by atoms with Crippen LogP contribution in [0.3, 0.4) is 0 Å². The Kier molecular flexibility index (Phi) is 6.68. The lowest BCUT2D eigenvalue weighted by Gasteiger charge is -2.11. The number of benzene rings is 2. The van der Waals surface area contributed by atoms with Gasteiger partial charge in [-0.05, 0) is 48.0 Å². The van der Waals surface area contributed by atoms with Crippen molar-refractivity contribution in [3.63, 3.8) is 0 Å². The highest BCUT2D eigenvalue weighted by molar-refractivity contribution is 6.32. The molecule has 0 fully saturated rings. The Morgan fingerprint density at radius 1 is 1.06 bits per heavy atom. The van der Waals surface area contributed by atoms with Gasteiger partial charge in [-0.1, -0.05) is 23.7 Å². The standard InChI is InChI=1S/C21H14ClFN4O4/c22-15-7-4-13(11-19(15)27(30)31)5-9-20(28)25-18-12-14(23)6-8-16(18)26-21(29)17-3-1-2-10-24-17/h1-12H,(H,25,28)(H,26,29)/b9-5+. The molecule has 10 heteroatoms. The first kappa shape index (κ1) is 21.6. The molecule has 0 saturated carbocycles. The number of aromatic nitrogens is 1. The summed E-state index contributed by atoms with van der Waals surface area (Å²) in [7, 11) is 0. The zero-order valence-electron chi connectivity index (χ0n) is 15.7. The van der Waals surface area contributed by atoms with Gasteiger partial charge in [0.1, 0.15) is 16.5 Å². The van der Waals surface area contributed by atoms with Gasteiger partial charge in [0.05, 0.1) is 16.3 Å². The van der Waals surface area contributed by atoms with Gasteiger partial charge < -0.3 is 10.6 Å². The minimum absolute atomic E-state index is 0.0281. The minimum atomic E-state index is -0.642. The van der Waals surface area contributed by atoms with E-state index < -0.39 is 22.6 Å². The smallest absolute Gasteiger partial charge is 0.288 e. The number of pyridine rings is 1. The maximum absolute atomic E-state index is 13.7. The van der Waals surface area contributed by atoms with Gasteiger partial charge in [-0.3, -0.25) is 24.7 Å². The van der Waals surface area contributed by atoms with Crippen molar-refractivity contribution in [2.24, 2.45) is 0 Å². The molecule has 2 aromatic carbocycles.